The van der Waals surface area contributed by atoms with Crippen LogP contribution >= 0.6 is 11.3 Å². The second-order valence-electron chi connectivity index (χ2n) is 3.92. The SMILES string of the molecule is [2H]c1cc(-c2nc(C)c(C(=O)OCC)s2)cc(C#N)c1O. The minimum atomic E-state index is -0.441. The molecule has 0 bridgehead atoms. The van der Waals surface area contributed by atoms with E-state index in [0.29, 0.717) is 21.1 Å². The summed E-state index contributed by atoms with van der Waals surface area (Å²) in [5.74, 6) is -0.802. The van der Waals surface area contributed by atoms with E-state index in [0.717, 1.165) is 11.3 Å². The van der Waals surface area contributed by atoms with Gasteiger partial charge >= 0.3 is 5.97 Å². The quantitative estimate of drug-likeness (QED) is 0.878. The summed E-state index contributed by atoms with van der Waals surface area (Å²) in [7, 11) is 0. The first-order valence-corrected chi connectivity index (χ1v) is 6.68. The van der Waals surface area contributed by atoms with Gasteiger partial charge in [0.05, 0.1) is 19.2 Å². The van der Waals surface area contributed by atoms with Gasteiger partial charge in [-0.1, -0.05) is 0 Å². The van der Waals surface area contributed by atoms with E-state index in [1.165, 1.54) is 12.1 Å². The Balaban J connectivity index is 2.49. The lowest BCUT2D eigenvalue weighted by Gasteiger charge is -1.99. The molecule has 1 aromatic carbocycles. The van der Waals surface area contributed by atoms with Crippen LogP contribution in [0.3, 0.4) is 0 Å². The molecule has 0 saturated heterocycles. The van der Waals surface area contributed by atoms with E-state index in [9.17, 15) is 9.90 Å². The molecule has 2 aromatic rings. The molecule has 0 atom stereocenters. The van der Waals surface area contributed by atoms with Crippen molar-refractivity contribution in [2.45, 2.75) is 13.8 Å². The fraction of sp³-hybridized carbons (Fsp3) is 0.214. The average Bonchev–Trinajstić information content (AvgIpc) is 2.84. The number of thiazole rings is 1. The monoisotopic (exact) mass is 289 g/mol. The number of phenolic OH excluding ortho intramolecular Hbond substituents is 1. The Morgan fingerprint density at radius 3 is 3.10 bits per heavy atom. The lowest BCUT2D eigenvalue weighted by atomic mass is 10.1. The van der Waals surface area contributed by atoms with Gasteiger partial charge in [0.15, 0.2) is 0 Å². The molecular formula is C14H12N2O3S. The zero-order valence-corrected chi connectivity index (χ0v) is 11.7. The number of nitriles is 1. The number of hydrogen-bond acceptors (Lipinski definition) is 6. The maximum atomic E-state index is 11.8. The molecule has 102 valence electrons. The average molecular weight is 289 g/mol. The number of aryl methyl sites for hydroxylation is 1. The molecule has 0 aliphatic heterocycles. The van der Waals surface area contributed by atoms with Crippen molar-refractivity contribution in [1.82, 2.24) is 4.98 Å². The molecule has 0 spiro atoms. The van der Waals surface area contributed by atoms with E-state index >= 15 is 0 Å². The van der Waals surface area contributed by atoms with E-state index in [2.05, 4.69) is 4.98 Å². The molecular weight excluding hydrogens is 276 g/mol. The molecule has 6 heteroatoms. The Kier molecular flexibility index (Phi) is 3.61. The molecule has 0 unspecified atom stereocenters. The van der Waals surface area contributed by atoms with E-state index < -0.39 is 5.97 Å². The van der Waals surface area contributed by atoms with Crippen LogP contribution in [0.15, 0.2) is 18.2 Å². The smallest absolute Gasteiger partial charge is 0.350 e. The third kappa shape index (κ3) is 2.63. The highest BCUT2D eigenvalue weighted by Crippen LogP contribution is 2.31. The van der Waals surface area contributed by atoms with Crippen LogP contribution in [0.25, 0.3) is 10.6 Å². The predicted molar refractivity (Wildman–Crippen MR) is 74.6 cm³/mol. The minimum absolute atomic E-state index is 0.00281. The minimum Gasteiger partial charge on any atom is -0.507 e. The fourth-order valence-corrected chi connectivity index (χ4v) is 2.55. The highest BCUT2D eigenvalue weighted by molar-refractivity contribution is 7.17. The summed E-state index contributed by atoms with van der Waals surface area (Å²) in [6.45, 7) is 3.69. The summed E-state index contributed by atoms with van der Waals surface area (Å²) in [4.78, 5) is 16.4. The van der Waals surface area contributed by atoms with Gasteiger partial charge in [-0.15, -0.1) is 11.3 Å². The molecule has 0 aliphatic carbocycles. The first-order chi connectivity index (χ1) is 9.97. The van der Waals surface area contributed by atoms with Gasteiger partial charge in [0.1, 0.15) is 21.7 Å². The summed E-state index contributed by atoms with van der Waals surface area (Å²) >= 11 is 1.13. The van der Waals surface area contributed by atoms with Crippen LogP contribution < -0.4 is 0 Å². The van der Waals surface area contributed by atoms with Crippen molar-refractivity contribution in [3.63, 3.8) is 0 Å². The Morgan fingerprint density at radius 2 is 2.45 bits per heavy atom. The van der Waals surface area contributed by atoms with Gasteiger partial charge in [0.25, 0.3) is 0 Å². The number of esters is 1. The van der Waals surface area contributed by atoms with Crippen LogP contribution in [0, 0.1) is 18.3 Å². The summed E-state index contributed by atoms with van der Waals surface area (Å²) in [6, 6.07) is 4.52. The van der Waals surface area contributed by atoms with E-state index in [1.807, 2.05) is 6.07 Å². The standard InChI is InChI=1S/C14H12N2O3S/c1-3-19-14(18)12-8(2)16-13(20-12)9-4-5-11(17)10(6-9)7-15/h4-6,17H,3H2,1-2H3/i5D. The Morgan fingerprint density at radius 1 is 1.70 bits per heavy atom. The number of nitrogens with zero attached hydrogens (tertiary/aromatic N) is 2. The highest BCUT2D eigenvalue weighted by Gasteiger charge is 2.17. The molecule has 0 fully saturated rings. The van der Waals surface area contributed by atoms with Gasteiger partial charge in [-0.2, -0.15) is 5.26 Å². The van der Waals surface area contributed by atoms with Crippen molar-refractivity contribution in [2.24, 2.45) is 0 Å². The molecule has 0 amide bonds. The number of aromatic nitrogens is 1. The summed E-state index contributed by atoms with van der Waals surface area (Å²) in [5.41, 5.74) is 1.05. The van der Waals surface area contributed by atoms with Crippen LogP contribution in [0.4, 0.5) is 0 Å². The molecule has 1 heterocycles. The number of benzene rings is 1. The van der Waals surface area contributed by atoms with Crippen molar-refractivity contribution in [3.05, 3.63) is 34.3 Å². The van der Waals surface area contributed by atoms with E-state index in [1.54, 1.807) is 13.8 Å². The second kappa shape index (κ2) is 5.72. The van der Waals surface area contributed by atoms with Gasteiger partial charge in [-0.05, 0) is 32.0 Å². The Hall–Kier alpha value is -2.39. The topological polar surface area (TPSA) is 83.2 Å². The molecule has 20 heavy (non-hydrogen) atoms. The summed E-state index contributed by atoms with van der Waals surface area (Å²) < 4.78 is 12.6. The lowest BCUT2D eigenvalue weighted by Crippen LogP contribution is -2.03. The zero-order chi connectivity index (χ0) is 15.6. The summed E-state index contributed by atoms with van der Waals surface area (Å²) in [5, 5.41) is 19.0. The van der Waals surface area contributed by atoms with Gasteiger partial charge in [0, 0.05) is 5.56 Å². The van der Waals surface area contributed by atoms with Gasteiger partial charge in [0.2, 0.25) is 0 Å². The molecule has 1 N–H and O–H groups in total. The number of aromatic hydroxyl groups is 1. The maximum absolute atomic E-state index is 11.8. The van der Waals surface area contributed by atoms with E-state index in [-0.39, 0.29) is 24.0 Å². The molecule has 0 saturated carbocycles. The van der Waals surface area contributed by atoms with Crippen molar-refractivity contribution < 1.29 is 16.0 Å². The molecule has 2 rings (SSSR count). The number of ether oxygens (including phenoxy) is 1. The number of carbonyl (C=O) groups excluding carboxylic acids is 1. The Labute approximate surface area is 121 Å². The number of carbonyl (C=O) groups is 1. The zero-order valence-electron chi connectivity index (χ0n) is 11.9. The molecule has 0 radical (unpaired) electrons. The molecule has 0 aliphatic rings. The van der Waals surface area contributed by atoms with Crippen LogP contribution in [-0.2, 0) is 4.74 Å². The first-order valence-electron chi connectivity index (χ1n) is 6.36. The maximum Gasteiger partial charge on any atom is 0.350 e. The molecule has 1 aromatic heterocycles. The van der Waals surface area contributed by atoms with Gasteiger partial charge in [-0.25, -0.2) is 9.78 Å². The van der Waals surface area contributed by atoms with Crippen LogP contribution in [-0.4, -0.2) is 22.7 Å². The van der Waals surface area contributed by atoms with Crippen molar-refractivity contribution in [3.8, 4) is 22.4 Å². The van der Waals surface area contributed by atoms with Crippen molar-refractivity contribution in [1.29, 1.82) is 5.26 Å². The third-order valence-electron chi connectivity index (χ3n) is 2.54. The number of rotatable bonds is 3. The van der Waals surface area contributed by atoms with Crippen LogP contribution in [0.1, 0.15) is 29.2 Å². The normalized spacial score (nSPS) is 10.8. The van der Waals surface area contributed by atoms with Crippen molar-refractivity contribution in [2.75, 3.05) is 6.61 Å². The first kappa shape index (κ1) is 12.6. The van der Waals surface area contributed by atoms with Crippen molar-refractivity contribution >= 4 is 17.3 Å². The summed E-state index contributed by atoms with van der Waals surface area (Å²) in [6.07, 6.45) is 0. The fourth-order valence-electron chi connectivity index (χ4n) is 1.60. The lowest BCUT2D eigenvalue weighted by molar-refractivity contribution is 0.0531. The second-order valence-corrected chi connectivity index (χ2v) is 4.92. The largest absolute Gasteiger partial charge is 0.507 e. The van der Waals surface area contributed by atoms with E-state index in [4.69, 9.17) is 11.4 Å². The van der Waals surface area contributed by atoms with Crippen LogP contribution in [0.5, 0.6) is 5.75 Å². The highest BCUT2D eigenvalue weighted by atomic mass is 32.1. The van der Waals surface area contributed by atoms with Gasteiger partial charge < -0.3 is 9.84 Å². The van der Waals surface area contributed by atoms with Crippen LogP contribution in [0.2, 0.25) is 0 Å². The Bertz CT molecular complexity index is 749. The predicted octanol–water partition coefficient (Wildman–Crippen LogP) is 2.87. The molecule has 5 nitrogen and oxygen atoms in total. The number of hydrogen-bond donors (Lipinski definition) is 1. The van der Waals surface area contributed by atoms with Gasteiger partial charge in [-0.3, -0.25) is 0 Å². The number of phenols is 1. The third-order valence-corrected chi connectivity index (χ3v) is 3.73.